The molecule has 1 atom stereocenters. The highest BCUT2D eigenvalue weighted by atomic mass is 16.7. The molecule has 0 aliphatic heterocycles. The maximum Gasteiger partial charge on any atom is 0.169 e. The van der Waals surface area contributed by atoms with Crippen molar-refractivity contribution in [3.63, 3.8) is 0 Å². The number of benzene rings is 3. The first-order chi connectivity index (χ1) is 17.7. The monoisotopic (exact) mass is 493 g/mol. The number of methoxy groups -OCH3 is 1. The Morgan fingerprint density at radius 3 is 1.94 bits per heavy atom. The summed E-state index contributed by atoms with van der Waals surface area (Å²) in [4.78, 5) is 0. The largest absolute Gasteiger partial charge is 0.493 e. The molecule has 0 spiro atoms. The van der Waals surface area contributed by atoms with E-state index in [4.69, 9.17) is 23.7 Å². The van der Waals surface area contributed by atoms with Gasteiger partial charge in [-0.1, -0.05) is 72.8 Å². The summed E-state index contributed by atoms with van der Waals surface area (Å²) in [5.74, 6) is 1.44. The molecule has 3 aromatic carbocycles. The predicted molar refractivity (Wildman–Crippen MR) is 142 cm³/mol. The first-order valence-electron chi connectivity index (χ1n) is 12.6. The van der Waals surface area contributed by atoms with E-state index >= 15 is 0 Å². The van der Waals surface area contributed by atoms with Crippen molar-refractivity contribution in [1.82, 2.24) is 5.32 Å². The van der Waals surface area contributed by atoms with E-state index < -0.39 is 0 Å². The van der Waals surface area contributed by atoms with Crippen LogP contribution < -0.4 is 14.8 Å². The fourth-order valence-electron chi connectivity index (χ4n) is 3.99. The van der Waals surface area contributed by atoms with Crippen LogP contribution in [-0.2, 0) is 27.4 Å². The van der Waals surface area contributed by atoms with Crippen LogP contribution in [0.1, 0.15) is 42.1 Å². The third kappa shape index (κ3) is 8.35. The number of ether oxygens (including phenoxy) is 5. The van der Waals surface area contributed by atoms with Gasteiger partial charge >= 0.3 is 0 Å². The van der Waals surface area contributed by atoms with Gasteiger partial charge in [-0.05, 0) is 37.5 Å². The third-order valence-electron chi connectivity index (χ3n) is 5.78. The van der Waals surface area contributed by atoms with Crippen molar-refractivity contribution >= 4 is 0 Å². The Morgan fingerprint density at radius 1 is 0.750 bits per heavy atom. The quantitative estimate of drug-likeness (QED) is 0.254. The molecule has 0 aliphatic carbocycles. The highest BCUT2D eigenvalue weighted by Gasteiger charge is 2.23. The van der Waals surface area contributed by atoms with E-state index in [-0.39, 0.29) is 12.3 Å². The lowest BCUT2D eigenvalue weighted by molar-refractivity contribution is -0.134. The van der Waals surface area contributed by atoms with E-state index in [1.54, 1.807) is 7.11 Å². The summed E-state index contributed by atoms with van der Waals surface area (Å²) >= 11 is 0. The van der Waals surface area contributed by atoms with Gasteiger partial charge in [-0.15, -0.1) is 0 Å². The van der Waals surface area contributed by atoms with Crippen molar-refractivity contribution in [1.29, 1.82) is 0 Å². The molecule has 0 fully saturated rings. The molecule has 3 aromatic rings. The minimum absolute atomic E-state index is 0.169. The van der Waals surface area contributed by atoms with Gasteiger partial charge in [0.05, 0.1) is 26.4 Å². The van der Waals surface area contributed by atoms with Gasteiger partial charge in [-0.25, -0.2) is 0 Å². The fraction of sp³-hybridized carbons (Fsp3) is 0.400. The zero-order valence-electron chi connectivity index (χ0n) is 21.9. The smallest absolute Gasteiger partial charge is 0.169 e. The van der Waals surface area contributed by atoms with Crippen molar-refractivity contribution in [2.75, 3.05) is 33.5 Å². The van der Waals surface area contributed by atoms with Crippen LogP contribution in [0.15, 0.2) is 72.8 Å². The Hall–Kier alpha value is -2.90. The zero-order valence-corrected chi connectivity index (χ0v) is 21.9. The Kier molecular flexibility index (Phi) is 11.7. The lowest BCUT2D eigenvalue weighted by Crippen LogP contribution is -2.36. The zero-order chi connectivity index (χ0) is 25.6. The predicted octanol–water partition coefficient (Wildman–Crippen LogP) is 5.83. The molecule has 0 aliphatic rings. The van der Waals surface area contributed by atoms with Gasteiger partial charge in [0.25, 0.3) is 0 Å². The Labute approximate surface area is 215 Å². The van der Waals surface area contributed by atoms with E-state index in [1.807, 2.05) is 57.2 Å². The van der Waals surface area contributed by atoms with Gasteiger partial charge in [0, 0.05) is 25.3 Å². The highest BCUT2D eigenvalue weighted by Crippen LogP contribution is 2.38. The molecule has 1 unspecified atom stereocenters. The van der Waals surface area contributed by atoms with E-state index in [9.17, 15) is 0 Å². The Morgan fingerprint density at radius 2 is 1.36 bits per heavy atom. The van der Waals surface area contributed by atoms with Gasteiger partial charge in [0.15, 0.2) is 17.8 Å². The first kappa shape index (κ1) is 27.7. The third-order valence-corrected chi connectivity index (χ3v) is 5.78. The van der Waals surface area contributed by atoms with E-state index in [0.29, 0.717) is 45.3 Å². The topological polar surface area (TPSA) is 58.2 Å². The van der Waals surface area contributed by atoms with Crippen LogP contribution in [0.25, 0.3) is 0 Å². The minimum atomic E-state index is -0.349. The molecular weight excluding hydrogens is 454 g/mol. The van der Waals surface area contributed by atoms with Gasteiger partial charge in [-0.3, -0.25) is 0 Å². The maximum absolute atomic E-state index is 6.39. The molecule has 0 bridgehead atoms. The Balaban J connectivity index is 1.85. The average Bonchev–Trinajstić information content (AvgIpc) is 2.91. The second kappa shape index (κ2) is 15.3. The molecule has 0 saturated carbocycles. The number of rotatable bonds is 16. The van der Waals surface area contributed by atoms with Crippen LogP contribution in [0.4, 0.5) is 0 Å². The Bertz CT molecular complexity index is 1010. The molecule has 0 radical (unpaired) electrons. The summed E-state index contributed by atoms with van der Waals surface area (Å²) in [6.07, 6.45) is -0.349. The summed E-state index contributed by atoms with van der Waals surface area (Å²) < 4.78 is 29.9. The van der Waals surface area contributed by atoms with Crippen LogP contribution in [-0.4, -0.2) is 39.8 Å². The van der Waals surface area contributed by atoms with Crippen molar-refractivity contribution < 1.29 is 23.7 Å². The maximum atomic E-state index is 6.39. The fourth-order valence-corrected chi connectivity index (χ4v) is 3.99. The van der Waals surface area contributed by atoms with E-state index in [1.165, 1.54) is 0 Å². The number of nitrogens with one attached hydrogen (secondary N) is 1. The molecule has 0 heterocycles. The van der Waals surface area contributed by atoms with Crippen LogP contribution in [0.2, 0.25) is 0 Å². The van der Waals surface area contributed by atoms with Crippen LogP contribution in [0.5, 0.6) is 11.5 Å². The summed E-state index contributed by atoms with van der Waals surface area (Å²) in [5.41, 5.74) is 4.19. The molecule has 6 nitrogen and oxygen atoms in total. The second-order valence-corrected chi connectivity index (χ2v) is 8.41. The lowest BCUT2D eigenvalue weighted by atomic mass is 10.0. The summed E-state index contributed by atoms with van der Waals surface area (Å²) in [6, 6.07) is 24.3. The van der Waals surface area contributed by atoms with Crippen LogP contribution in [0.3, 0.4) is 0 Å². The number of hydrogen-bond acceptors (Lipinski definition) is 6. The molecule has 6 heteroatoms. The van der Waals surface area contributed by atoms with Gasteiger partial charge < -0.3 is 29.0 Å². The average molecular weight is 494 g/mol. The molecular formula is C30H39NO5. The van der Waals surface area contributed by atoms with Crippen molar-refractivity contribution in [3.05, 3.63) is 95.1 Å². The molecule has 36 heavy (non-hydrogen) atoms. The molecule has 194 valence electrons. The first-order valence-corrected chi connectivity index (χ1v) is 12.6. The molecule has 1 N–H and O–H groups in total. The van der Waals surface area contributed by atoms with Crippen molar-refractivity contribution in [2.24, 2.45) is 0 Å². The molecule has 3 rings (SSSR count). The van der Waals surface area contributed by atoms with Crippen LogP contribution >= 0.6 is 0 Å². The van der Waals surface area contributed by atoms with E-state index in [2.05, 4.69) is 41.7 Å². The van der Waals surface area contributed by atoms with Gasteiger partial charge in [0.2, 0.25) is 0 Å². The van der Waals surface area contributed by atoms with Crippen molar-refractivity contribution in [2.45, 2.75) is 46.3 Å². The summed E-state index contributed by atoms with van der Waals surface area (Å²) in [6.45, 7) is 9.00. The summed E-state index contributed by atoms with van der Waals surface area (Å²) in [5, 5.41) is 3.59. The molecule has 0 saturated heterocycles. The highest BCUT2D eigenvalue weighted by molar-refractivity contribution is 5.53. The number of aryl methyl sites for hydroxylation is 1. The van der Waals surface area contributed by atoms with Crippen LogP contribution in [0, 0.1) is 6.92 Å². The van der Waals surface area contributed by atoms with Gasteiger partial charge in [0.1, 0.15) is 6.61 Å². The SMILES string of the molecule is CCOC(CNC(COCc1ccccc1)c1ccc(C)c(OC)c1OCc1ccccc1)OCC. The minimum Gasteiger partial charge on any atom is -0.493 e. The molecule has 0 aromatic heterocycles. The van der Waals surface area contributed by atoms with E-state index in [0.717, 1.165) is 28.0 Å². The molecule has 0 amide bonds. The van der Waals surface area contributed by atoms with Crippen molar-refractivity contribution in [3.8, 4) is 11.5 Å². The number of hydrogen-bond donors (Lipinski definition) is 1. The summed E-state index contributed by atoms with van der Waals surface area (Å²) in [7, 11) is 1.68. The normalized spacial score (nSPS) is 12.0. The second-order valence-electron chi connectivity index (χ2n) is 8.41. The standard InChI is InChI=1S/C30H39NO5/c1-5-34-28(35-6-2)19-31-27(22-33-20-24-13-9-7-10-14-24)26-18-17-23(3)29(32-4)30(26)36-21-25-15-11-8-12-16-25/h7-18,27-28,31H,5-6,19-22H2,1-4H3. The van der Waals surface area contributed by atoms with Gasteiger partial charge in [-0.2, -0.15) is 0 Å². The lowest BCUT2D eigenvalue weighted by Gasteiger charge is -2.26.